The van der Waals surface area contributed by atoms with E-state index in [0.29, 0.717) is 5.56 Å². The van der Waals surface area contributed by atoms with Crippen LogP contribution in [0.2, 0.25) is 0 Å². The Bertz CT molecular complexity index is 1020. The molecule has 0 fully saturated rings. The summed E-state index contributed by atoms with van der Waals surface area (Å²) in [4.78, 5) is 16.4. The number of nitrogens with one attached hydrogen (secondary N) is 1. The number of benzene rings is 3. The Morgan fingerprint density at radius 2 is 1.77 bits per heavy atom. The van der Waals surface area contributed by atoms with E-state index in [9.17, 15) is 4.79 Å². The summed E-state index contributed by atoms with van der Waals surface area (Å²) in [7, 11) is 0. The number of hydroxylamine groups is 1. The molecule has 0 unspecified atom stereocenters. The van der Waals surface area contributed by atoms with Crippen LogP contribution in [0.4, 0.5) is 5.69 Å². The minimum Gasteiger partial charge on any atom is -0.454 e. The van der Waals surface area contributed by atoms with Crippen molar-refractivity contribution in [1.29, 1.82) is 0 Å². The topological polar surface area (TPSA) is 70.9 Å². The molecule has 1 heterocycles. The average Bonchev–Trinajstić information content (AvgIpc) is 2.85. The average molecular weight is 344 g/mol. The van der Waals surface area contributed by atoms with Gasteiger partial charge in [0.1, 0.15) is 11.4 Å². The Kier molecular flexibility index (Phi) is 3.99. The molecule has 0 spiro atoms. The number of para-hydroxylation sites is 2. The Hall–Kier alpha value is -3.44. The lowest BCUT2D eigenvalue weighted by Crippen LogP contribution is -2.18. The third-order valence-corrected chi connectivity index (χ3v) is 4.30. The zero-order valence-electron chi connectivity index (χ0n) is 14.1. The van der Waals surface area contributed by atoms with Crippen LogP contribution in [0.3, 0.4) is 0 Å². The normalized spacial score (nSPS) is 12.2. The fourth-order valence-electron chi connectivity index (χ4n) is 2.96. The lowest BCUT2D eigenvalue weighted by molar-refractivity contribution is 0.0706. The van der Waals surface area contributed by atoms with Crippen molar-refractivity contribution in [1.82, 2.24) is 5.48 Å². The molecule has 0 saturated carbocycles. The maximum atomic E-state index is 11.5. The highest BCUT2D eigenvalue weighted by Gasteiger charge is 2.20. The van der Waals surface area contributed by atoms with Crippen molar-refractivity contribution in [3.05, 3.63) is 89.0 Å². The van der Waals surface area contributed by atoms with Crippen molar-refractivity contribution in [3.63, 3.8) is 0 Å². The van der Waals surface area contributed by atoms with Crippen molar-refractivity contribution in [2.24, 2.45) is 4.99 Å². The third kappa shape index (κ3) is 2.74. The molecule has 5 heteroatoms. The molecule has 3 aromatic rings. The Balaban J connectivity index is 1.89. The number of hydrogen-bond acceptors (Lipinski definition) is 4. The smallest absolute Gasteiger partial charge is 0.274 e. The Morgan fingerprint density at radius 3 is 2.54 bits per heavy atom. The van der Waals surface area contributed by atoms with E-state index in [1.54, 1.807) is 29.7 Å². The Labute approximate surface area is 150 Å². The molecule has 4 rings (SSSR count). The molecule has 3 aromatic carbocycles. The van der Waals surface area contributed by atoms with Gasteiger partial charge in [-0.05, 0) is 42.8 Å². The van der Waals surface area contributed by atoms with Crippen LogP contribution in [0.1, 0.15) is 27.0 Å². The van der Waals surface area contributed by atoms with Crippen LogP contribution in [-0.4, -0.2) is 16.8 Å². The predicted molar refractivity (Wildman–Crippen MR) is 98.7 cm³/mol. The summed E-state index contributed by atoms with van der Waals surface area (Å²) in [6.45, 7) is 1.99. The predicted octanol–water partition coefficient (Wildman–Crippen LogP) is 4.39. The van der Waals surface area contributed by atoms with Gasteiger partial charge in [-0.1, -0.05) is 36.4 Å². The monoisotopic (exact) mass is 344 g/mol. The highest BCUT2D eigenvalue weighted by Crippen LogP contribution is 2.40. The minimum absolute atomic E-state index is 0.367. The summed E-state index contributed by atoms with van der Waals surface area (Å²) in [6.07, 6.45) is 0. The van der Waals surface area contributed by atoms with Gasteiger partial charge >= 0.3 is 0 Å². The number of fused-ring (bicyclic) bond motifs is 2. The number of amides is 1. The highest BCUT2D eigenvalue weighted by atomic mass is 16.5. The van der Waals surface area contributed by atoms with Crippen molar-refractivity contribution < 1.29 is 14.7 Å². The fourth-order valence-corrected chi connectivity index (χ4v) is 2.96. The molecule has 26 heavy (non-hydrogen) atoms. The molecular weight excluding hydrogens is 328 g/mol. The summed E-state index contributed by atoms with van der Waals surface area (Å²) in [5.74, 6) is 0.923. The number of nitrogens with zero attached hydrogens (tertiary/aromatic N) is 1. The second-order valence-corrected chi connectivity index (χ2v) is 6.00. The summed E-state index contributed by atoms with van der Waals surface area (Å²) in [6, 6.07) is 20.5. The molecule has 1 aliphatic heterocycles. The molecule has 0 bridgehead atoms. The number of carbonyl (C=O) groups is 1. The van der Waals surface area contributed by atoms with Crippen molar-refractivity contribution >= 4 is 17.3 Å². The first-order valence-electron chi connectivity index (χ1n) is 8.18. The number of ether oxygens (including phenoxy) is 1. The molecule has 1 amide bonds. The molecule has 0 atom stereocenters. The number of carbonyl (C=O) groups excluding carboxylic acids is 1. The van der Waals surface area contributed by atoms with Crippen LogP contribution in [-0.2, 0) is 0 Å². The van der Waals surface area contributed by atoms with E-state index in [1.165, 1.54) is 0 Å². The lowest BCUT2D eigenvalue weighted by atomic mass is 10.00. The van der Waals surface area contributed by atoms with E-state index < -0.39 is 5.91 Å². The van der Waals surface area contributed by atoms with Gasteiger partial charge in [-0.15, -0.1) is 0 Å². The van der Waals surface area contributed by atoms with Gasteiger partial charge < -0.3 is 4.74 Å². The maximum Gasteiger partial charge on any atom is 0.274 e. The molecular formula is C21H16N2O3. The van der Waals surface area contributed by atoms with Crippen molar-refractivity contribution in [2.45, 2.75) is 6.92 Å². The SMILES string of the molecule is Cc1cccc2c1Oc1ccccc1C(c1ccc(C(=O)NO)cc1)=N2. The molecule has 0 aliphatic carbocycles. The zero-order valence-corrected chi connectivity index (χ0v) is 14.1. The quantitative estimate of drug-likeness (QED) is 0.418. The van der Waals surface area contributed by atoms with Gasteiger partial charge in [0.25, 0.3) is 5.91 Å². The maximum absolute atomic E-state index is 11.5. The third-order valence-electron chi connectivity index (χ3n) is 4.30. The lowest BCUT2D eigenvalue weighted by Gasteiger charge is -2.11. The highest BCUT2D eigenvalue weighted by molar-refractivity contribution is 6.16. The van der Waals surface area contributed by atoms with Crippen molar-refractivity contribution in [3.8, 4) is 11.5 Å². The largest absolute Gasteiger partial charge is 0.454 e. The summed E-state index contributed by atoms with van der Waals surface area (Å²) < 4.78 is 6.15. The molecule has 0 aromatic heterocycles. The van der Waals surface area contributed by atoms with E-state index in [4.69, 9.17) is 14.9 Å². The molecule has 0 saturated heterocycles. The van der Waals surface area contributed by atoms with E-state index in [-0.39, 0.29) is 0 Å². The first-order chi connectivity index (χ1) is 12.7. The van der Waals surface area contributed by atoms with Gasteiger partial charge in [-0.25, -0.2) is 10.5 Å². The first kappa shape index (κ1) is 16.1. The first-order valence-corrected chi connectivity index (χ1v) is 8.18. The molecule has 1 aliphatic rings. The van der Waals surface area contributed by atoms with Crippen LogP contribution < -0.4 is 10.2 Å². The molecule has 0 radical (unpaired) electrons. The van der Waals surface area contributed by atoms with E-state index >= 15 is 0 Å². The summed E-state index contributed by atoms with van der Waals surface area (Å²) in [5, 5.41) is 8.77. The second-order valence-electron chi connectivity index (χ2n) is 6.00. The van der Waals surface area contributed by atoms with Gasteiger partial charge in [-0.3, -0.25) is 10.0 Å². The number of aryl methyl sites for hydroxylation is 1. The van der Waals surface area contributed by atoms with Gasteiger partial charge in [0, 0.05) is 16.7 Å². The zero-order chi connectivity index (χ0) is 18.1. The van der Waals surface area contributed by atoms with E-state index in [1.807, 2.05) is 49.4 Å². The summed E-state index contributed by atoms with van der Waals surface area (Å²) in [5.41, 5.74) is 6.27. The van der Waals surface area contributed by atoms with Crippen LogP contribution in [0, 0.1) is 6.92 Å². The number of rotatable bonds is 2. The fraction of sp³-hybridized carbons (Fsp3) is 0.0476. The van der Waals surface area contributed by atoms with Crippen LogP contribution in [0.5, 0.6) is 11.5 Å². The van der Waals surface area contributed by atoms with Crippen molar-refractivity contribution in [2.75, 3.05) is 0 Å². The number of hydrogen-bond donors (Lipinski definition) is 2. The molecule has 2 N–H and O–H groups in total. The molecule has 5 nitrogen and oxygen atoms in total. The summed E-state index contributed by atoms with van der Waals surface area (Å²) >= 11 is 0. The van der Waals surface area contributed by atoms with Gasteiger partial charge in [-0.2, -0.15) is 0 Å². The van der Waals surface area contributed by atoms with Crippen LogP contribution in [0.25, 0.3) is 0 Å². The minimum atomic E-state index is -0.552. The van der Waals surface area contributed by atoms with E-state index in [2.05, 4.69) is 0 Å². The standard InChI is InChI=1S/C21H16N2O3/c1-13-5-4-7-17-20(13)26-18-8-3-2-6-16(18)19(22-17)14-9-11-15(12-10-14)21(24)23-25/h2-12,25H,1H3,(H,23,24). The number of aliphatic imine (C=N–C) groups is 1. The van der Waals surface area contributed by atoms with Crippen LogP contribution >= 0.6 is 0 Å². The van der Waals surface area contributed by atoms with Gasteiger partial charge in [0.15, 0.2) is 5.75 Å². The molecule has 128 valence electrons. The van der Waals surface area contributed by atoms with E-state index in [0.717, 1.165) is 39.6 Å². The second kappa shape index (κ2) is 6.46. The van der Waals surface area contributed by atoms with Crippen LogP contribution in [0.15, 0.2) is 71.7 Å². The van der Waals surface area contributed by atoms with Gasteiger partial charge in [0.2, 0.25) is 0 Å². The van der Waals surface area contributed by atoms with Gasteiger partial charge in [0.05, 0.1) is 5.71 Å². The Morgan fingerprint density at radius 1 is 1.00 bits per heavy atom.